The van der Waals surface area contributed by atoms with E-state index in [0.29, 0.717) is 0 Å². The summed E-state index contributed by atoms with van der Waals surface area (Å²) in [5.41, 5.74) is -0.121. The fraction of sp³-hybridized carbons (Fsp3) is 0.400. The highest BCUT2D eigenvalue weighted by atomic mass is 19.3. The molecule has 0 aliphatic carbocycles. The van der Waals surface area contributed by atoms with Crippen LogP contribution < -0.4 is 0 Å². The van der Waals surface area contributed by atoms with E-state index < -0.39 is 34.7 Å². The van der Waals surface area contributed by atoms with Crippen molar-refractivity contribution in [3.8, 4) is 0 Å². The minimum atomic E-state index is -5.61. The van der Waals surface area contributed by atoms with Gasteiger partial charge in [0, 0.05) is 6.42 Å². The van der Waals surface area contributed by atoms with Gasteiger partial charge in [-0.1, -0.05) is 30.3 Å². The Bertz CT molecular complexity index is 444. The van der Waals surface area contributed by atoms with Crippen molar-refractivity contribution in [2.45, 2.75) is 24.4 Å². The normalized spacial score (nSPS) is 25.6. The second kappa shape index (κ2) is 4.07. The standard InChI is InChI=1S/C10H7F7N2/c11-8(6-7-4-2-1-3-5-7)18(16)9(12,13)10(14,15)19(8)17/h1-5H,6H2. The minimum Gasteiger partial charge on any atom is -0.202 e. The van der Waals surface area contributed by atoms with Crippen LogP contribution in [0.25, 0.3) is 0 Å². The van der Waals surface area contributed by atoms with E-state index in [1.807, 2.05) is 0 Å². The van der Waals surface area contributed by atoms with Crippen LogP contribution in [0.15, 0.2) is 30.3 Å². The number of rotatable bonds is 2. The smallest absolute Gasteiger partial charge is 0.202 e. The molecular formula is C10H7F7N2. The van der Waals surface area contributed by atoms with Gasteiger partial charge in [0.05, 0.1) is 0 Å². The molecule has 0 bridgehead atoms. The summed E-state index contributed by atoms with van der Waals surface area (Å²) < 4.78 is 91.5. The van der Waals surface area contributed by atoms with Crippen molar-refractivity contribution in [3.05, 3.63) is 35.9 Å². The monoisotopic (exact) mass is 288 g/mol. The summed E-state index contributed by atoms with van der Waals surface area (Å²) in [6, 6.07) is -4.72. The molecule has 0 saturated carbocycles. The number of alkyl halides is 5. The number of halogens is 7. The molecule has 1 heterocycles. The van der Waals surface area contributed by atoms with Gasteiger partial charge in [0.2, 0.25) is 0 Å². The topological polar surface area (TPSA) is 6.48 Å². The summed E-state index contributed by atoms with van der Waals surface area (Å²) >= 11 is 0. The minimum absolute atomic E-state index is 0.121. The van der Waals surface area contributed by atoms with E-state index in [4.69, 9.17) is 0 Å². The van der Waals surface area contributed by atoms with E-state index >= 15 is 0 Å². The average Bonchev–Trinajstić information content (AvgIpc) is 2.44. The third-order valence-corrected chi connectivity index (χ3v) is 2.73. The first kappa shape index (κ1) is 14.1. The Kier molecular flexibility index (Phi) is 3.01. The fourth-order valence-corrected chi connectivity index (χ4v) is 1.74. The quantitative estimate of drug-likeness (QED) is 0.467. The summed E-state index contributed by atoms with van der Waals surface area (Å²) in [6.07, 6.45) is -1.33. The van der Waals surface area contributed by atoms with Crippen LogP contribution in [-0.4, -0.2) is 28.3 Å². The zero-order valence-corrected chi connectivity index (χ0v) is 9.13. The molecule has 0 N–H and O–H groups in total. The van der Waals surface area contributed by atoms with Crippen molar-refractivity contribution in [3.63, 3.8) is 0 Å². The molecule has 0 spiro atoms. The Hall–Kier alpha value is -1.35. The summed E-state index contributed by atoms with van der Waals surface area (Å²) in [7, 11) is 0. The largest absolute Gasteiger partial charge is 0.413 e. The highest BCUT2D eigenvalue weighted by molar-refractivity contribution is 5.17. The molecular weight excluding hydrogens is 281 g/mol. The maximum atomic E-state index is 13.9. The summed E-state index contributed by atoms with van der Waals surface area (Å²) in [5.74, 6) is -4.28. The molecule has 2 rings (SSSR count). The first-order valence-electron chi connectivity index (χ1n) is 5.05. The lowest BCUT2D eigenvalue weighted by atomic mass is 10.1. The van der Waals surface area contributed by atoms with Crippen molar-refractivity contribution >= 4 is 0 Å². The Balaban J connectivity index is 2.39. The lowest BCUT2D eigenvalue weighted by Gasteiger charge is -2.25. The van der Waals surface area contributed by atoms with Gasteiger partial charge < -0.3 is 0 Å². The summed E-state index contributed by atoms with van der Waals surface area (Å²) in [6.45, 7) is 0. The molecule has 2 nitrogen and oxygen atoms in total. The van der Waals surface area contributed by atoms with E-state index in [1.165, 1.54) is 18.2 Å². The van der Waals surface area contributed by atoms with Gasteiger partial charge in [-0.05, 0) is 15.8 Å². The first-order chi connectivity index (χ1) is 8.64. The molecule has 0 amide bonds. The van der Waals surface area contributed by atoms with Gasteiger partial charge in [-0.3, -0.25) is 0 Å². The number of nitrogens with zero attached hydrogens (tertiary/aromatic N) is 2. The molecule has 0 atom stereocenters. The van der Waals surface area contributed by atoms with E-state index in [0.717, 1.165) is 12.1 Å². The van der Waals surface area contributed by atoms with Gasteiger partial charge in [0.1, 0.15) is 0 Å². The zero-order valence-electron chi connectivity index (χ0n) is 9.13. The maximum Gasteiger partial charge on any atom is 0.413 e. The van der Waals surface area contributed by atoms with E-state index in [9.17, 15) is 30.9 Å². The lowest BCUT2D eigenvalue weighted by molar-refractivity contribution is -0.332. The molecule has 9 heteroatoms. The second-order valence-corrected chi connectivity index (χ2v) is 4.03. The van der Waals surface area contributed by atoms with Crippen LogP contribution in [-0.2, 0) is 6.42 Å². The molecule has 1 aliphatic rings. The Morgan fingerprint density at radius 3 is 1.63 bits per heavy atom. The zero-order chi connectivity index (χ0) is 14.5. The lowest BCUT2D eigenvalue weighted by Crippen LogP contribution is -2.47. The van der Waals surface area contributed by atoms with E-state index in [-0.39, 0.29) is 5.56 Å². The molecule has 106 valence electrons. The summed E-state index contributed by atoms with van der Waals surface area (Å²) in [4.78, 5) is 0. The van der Waals surface area contributed by atoms with Gasteiger partial charge in [0.25, 0.3) is 5.92 Å². The molecule has 1 fully saturated rings. The van der Waals surface area contributed by atoms with Crippen molar-refractivity contribution in [1.82, 2.24) is 10.2 Å². The summed E-state index contributed by atoms with van der Waals surface area (Å²) in [5, 5.41) is -4.18. The van der Waals surface area contributed by atoms with Crippen molar-refractivity contribution in [1.29, 1.82) is 0 Å². The van der Waals surface area contributed by atoms with Crippen LogP contribution in [0.5, 0.6) is 0 Å². The predicted molar refractivity (Wildman–Crippen MR) is 49.8 cm³/mol. The van der Waals surface area contributed by atoms with Crippen LogP contribution in [0.2, 0.25) is 0 Å². The van der Waals surface area contributed by atoms with E-state index in [1.54, 1.807) is 0 Å². The Morgan fingerprint density at radius 1 is 0.789 bits per heavy atom. The molecule has 19 heavy (non-hydrogen) atoms. The Labute approximate surface area is 102 Å². The van der Waals surface area contributed by atoms with Crippen LogP contribution in [0, 0.1) is 0 Å². The van der Waals surface area contributed by atoms with Crippen molar-refractivity contribution in [2.75, 3.05) is 0 Å². The highest BCUT2D eigenvalue weighted by Gasteiger charge is 2.82. The van der Waals surface area contributed by atoms with Crippen LogP contribution >= 0.6 is 0 Å². The number of benzene rings is 1. The third-order valence-electron chi connectivity index (χ3n) is 2.73. The SMILES string of the molecule is FN1C(F)(Cc2ccccc2)N(F)C(F)(F)C1(F)F. The third kappa shape index (κ3) is 1.79. The molecule has 1 aromatic carbocycles. The molecule has 0 unspecified atom stereocenters. The fourth-order valence-electron chi connectivity index (χ4n) is 1.74. The average molecular weight is 288 g/mol. The van der Waals surface area contributed by atoms with Gasteiger partial charge in [-0.25, -0.2) is 4.39 Å². The van der Waals surface area contributed by atoms with E-state index in [2.05, 4.69) is 0 Å². The van der Waals surface area contributed by atoms with Gasteiger partial charge in [-0.15, -0.1) is 8.96 Å². The molecule has 1 saturated heterocycles. The first-order valence-corrected chi connectivity index (χ1v) is 5.05. The van der Waals surface area contributed by atoms with Gasteiger partial charge in [0.15, 0.2) is 0 Å². The van der Waals surface area contributed by atoms with Gasteiger partial charge >= 0.3 is 12.1 Å². The molecule has 1 aromatic rings. The number of hydrogen-bond acceptors (Lipinski definition) is 2. The van der Waals surface area contributed by atoms with Crippen molar-refractivity contribution in [2.24, 2.45) is 0 Å². The van der Waals surface area contributed by atoms with Crippen LogP contribution in [0.3, 0.4) is 0 Å². The number of hydrogen-bond donors (Lipinski definition) is 0. The second-order valence-electron chi connectivity index (χ2n) is 4.03. The Morgan fingerprint density at radius 2 is 1.21 bits per heavy atom. The molecule has 0 aromatic heterocycles. The van der Waals surface area contributed by atoms with Crippen molar-refractivity contribution < 1.29 is 30.9 Å². The van der Waals surface area contributed by atoms with Crippen LogP contribution in [0.1, 0.15) is 5.56 Å². The molecule has 0 radical (unpaired) electrons. The predicted octanol–water partition coefficient (Wildman–Crippen LogP) is 3.42. The highest BCUT2D eigenvalue weighted by Crippen LogP contribution is 2.55. The molecule has 1 aliphatic heterocycles. The van der Waals surface area contributed by atoms with Crippen LogP contribution in [0.4, 0.5) is 30.9 Å². The van der Waals surface area contributed by atoms with Gasteiger partial charge in [-0.2, -0.15) is 17.6 Å². The maximum absolute atomic E-state index is 13.9.